The van der Waals surface area contributed by atoms with Crippen LogP contribution in [0.3, 0.4) is 0 Å². The number of imide groups is 1. The van der Waals surface area contributed by atoms with E-state index in [1.54, 1.807) is 43.3 Å². The second kappa shape index (κ2) is 8.12. The first-order valence-corrected chi connectivity index (χ1v) is 8.92. The molecule has 5 nitrogen and oxygen atoms in total. The molecule has 0 radical (unpaired) electrons. The molecule has 0 aliphatic carbocycles. The van der Waals surface area contributed by atoms with Crippen molar-refractivity contribution < 1.29 is 18.8 Å². The van der Waals surface area contributed by atoms with Gasteiger partial charge in [-0.1, -0.05) is 24.3 Å². The SMILES string of the molecule is C[C@@H](C(=O)Nc1ccc(CN2C(=O)CCCC2=O)cc1)c1ccc(F)cc1. The quantitative estimate of drug-likeness (QED) is 0.820. The summed E-state index contributed by atoms with van der Waals surface area (Å²) in [4.78, 5) is 37.4. The topological polar surface area (TPSA) is 66.5 Å². The van der Waals surface area contributed by atoms with Crippen LogP contribution >= 0.6 is 0 Å². The number of nitrogens with one attached hydrogen (secondary N) is 1. The van der Waals surface area contributed by atoms with Crippen molar-refractivity contribution in [1.82, 2.24) is 4.90 Å². The van der Waals surface area contributed by atoms with Crippen LogP contribution in [0.4, 0.5) is 10.1 Å². The van der Waals surface area contributed by atoms with Gasteiger partial charge in [0.1, 0.15) is 5.82 Å². The molecular formula is C21H21FN2O3. The van der Waals surface area contributed by atoms with E-state index in [4.69, 9.17) is 0 Å². The maximum Gasteiger partial charge on any atom is 0.231 e. The molecule has 6 heteroatoms. The lowest BCUT2D eigenvalue weighted by molar-refractivity contribution is -0.148. The Labute approximate surface area is 157 Å². The highest BCUT2D eigenvalue weighted by atomic mass is 19.1. The Bertz CT molecular complexity index is 831. The van der Waals surface area contributed by atoms with Gasteiger partial charge in [0, 0.05) is 18.5 Å². The Morgan fingerprint density at radius 1 is 1.04 bits per heavy atom. The van der Waals surface area contributed by atoms with Crippen molar-refractivity contribution in [3.63, 3.8) is 0 Å². The molecule has 140 valence electrons. The number of hydrogen-bond acceptors (Lipinski definition) is 3. The van der Waals surface area contributed by atoms with Crippen LogP contribution in [0.1, 0.15) is 43.2 Å². The van der Waals surface area contributed by atoms with Gasteiger partial charge in [-0.2, -0.15) is 0 Å². The van der Waals surface area contributed by atoms with Crippen molar-refractivity contribution in [2.24, 2.45) is 0 Å². The van der Waals surface area contributed by atoms with E-state index in [2.05, 4.69) is 5.32 Å². The van der Waals surface area contributed by atoms with Crippen LogP contribution in [0, 0.1) is 5.82 Å². The van der Waals surface area contributed by atoms with E-state index in [1.165, 1.54) is 17.0 Å². The van der Waals surface area contributed by atoms with Crippen LogP contribution in [0.2, 0.25) is 0 Å². The van der Waals surface area contributed by atoms with E-state index in [0.717, 1.165) is 11.1 Å². The van der Waals surface area contributed by atoms with E-state index in [9.17, 15) is 18.8 Å². The largest absolute Gasteiger partial charge is 0.326 e. The summed E-state index contributed by atoms with van der Waals surface area (Å²) in [6.45, 7) is 2.00. The zero-order valence-electron chi connectivity index (χ0n) is 15.1. The third-order valence-corrected chi connectivity index (χ3v) is 4.71. The summed E-state index contributed by atoms with van der Waals surface area (Å²) < 4.78 is 13.0. The molecule has 3 rings (SSSR count). The van der Waals surface area contributed by atoms with Gasteiger partial charge in [0.2, 0.25) is 17.7 Å². The minimum Gasteiger partial charge on any atom is -0.326 e. The van der Waals surface area contributed by atoms with Gasteiger partial charge in [-0.3, -0.25) is 19.3 Å². The zero-order valence-corrected chi connectivity index (χ0v) is 15.1. The van der Waals surface area contributed by atoms with E-state index in [1.807, 2.05) is 0 Å². The van der Waals surface area contributed by atoms with E-state index < -0.39 is 5.92 Å². The number of piperidine rings is 1. The minimum absolute atomic E-state index is 0.142. The summed E-state index contributed by atoms with van der Waals surface area (Å²) in [6.07, 6.45) is 1.42. The monoisotopic (exact) mass is 368 g/mol. The fourth-order valence-electron chi connectivity index (χ4n) is 3.01. The number of hydrogen-bond donors (Lipinski definition) is 1. The Morgan fingerprint density at radius 3 is 2.22 bits per heavy atom. The molecule has 1 heterocycles. The summed E-state index contributed by atoms with van der Waals surface area (Å²) in [5.74, 6) is -1.24. The van der Waals surface area contributed by atoms with Gasteiger partial charge in [-0.25, -0.2) is 4.39 Å². The first-order valence-electron chi connectivity index (χ1n) is 8.92. The van der Waals surface area contributed by atoms with Gasteiger partial charge in [-0.05, 0) is 48.7 Å². The second-order valence-corrected chi connectivity index (χ2v) is 6.69. The number of benzene rings is 2. The molecule has 27 heavy (non-hydrogen) atoms. The number of likely N-dealkylation sites (tertiary alicyclic amines) is 1. The number of nitrogens with zero attached hydrogens (tertiary/aromatic N) is 1. The molecule has 3 amide bonds. The lowest BCUT2D eigenvalue weighted by Crippen LogP contribution is -2.39. The van der Waals surface area contributed by atoms with E-state index in [0.29, 0.717) is 24.9 Å². The van der Waals surface area contributed by atoms with Crippen molar-refractivity contribution in [3.8, 4) is 0 Å². The predicted octanol–water partition coefficient (Wildman–Crippen LogP) is 3.61. The fraction of sp³-hybridized carbons (Fsp3) is 0.286. The van der Waals surface area contributed by atoms with Crippen LogP contribution in [-0.4, -0.2) is 22.6 Å². The molecule has 2 aromatic carbocycles. The highest BCUT2D eigenvalue weighted by Crippen LogP contribution is 2.20. The van der Waals surface area contributed by atoms with Crippen molar-refractivity contribution in [2.45, 2.75) is 38.6 Å². The third-order valence-electron chi connectivity index (χ3n) is 4.71. The molecular weight excluding hydrogens is 347 g/mol. The average Bonchev–Trinajstić information content (AvgIpc) is 2.66. The summed E-state index contributed by atoms with van der Waals surface area (Å²) >= 11 is 0. The second-order valence-electron chi connectivity index (χ2n) is 6.69. The van der Waals surface area contributed by atoms with Gasteiger partial charge in [0.05, 0.1) is 12.5 Å². The Morgan fingerprint density at radius 2 is 1.63 bits per heavy atom. The molecule has 1 aliphatic heterocycles. The number of anilines is 1. The van der Waals surface area contributed by atoms with Gasteiger partial charge in [-0.15, -0.1) is 0 Å². The van der Waals surface area contributed by atoms with Gasteiger partial charge in [0.25, 0.3) is 0 Å². The first kappa shape index (κ1) is 18.8. The van der Waals surface area contributed by atoms with Crippen LogP contribution in [0.5, 0.6) is 0 Å². The van der Waals surface area contributed by atoms with Gasteiger partial charge >= 0.3 is 0 Å². The molecule has 0 unspecified atom stereocenters. The summed E-state index contributed by atoms with van der Waals surface area (Å²) in [5.41, 5.74) is 2.17. The average molecular weight is 368 g/mol. The van der Waals surface area contributed by atoms with Crippen molar-refractivity contribution >= 4 is 23.4 Å². The van der Waals surface area contributed by atoms with Crippen molar-refractivity contribution in [3.05, 3.63) is 65.5 Å². The molecule has 0 aromatic heterocycles. The summed E-state index contributed by atoms with van der Waals surface area (Å²) in [7, 11) is 0. The van der Waals surface area contributed by atoms with Crippen LogP contribution in [0.25, 0.3) is 0 Å². The van der Waals surface area contributed by atoms with Gasteiger partial charge < -0.3 is 5.32 Å². The number of halogens is 1. The van der Waals surface area contributed by atoms with Crippen molar-refractivity contribution in [1.29, 1.82) is 0 Å². The van der Waals surface area contributed by atoms with Gasteiger partial charge in [0.15, 0.2) is 0 Å². The number of carbonyl (C=O) groups excluding carboxylic acids is 3. The third kappa shape index (κ3) is 4.58. The van der Waals surface area contributed by atoms with Crippen LogP contribution < -0.4 is 5.32 Å². The number of carbonyl (C=O) groups is 3. The maximum atomic E-state index is 13.0. The Kier molecular flexibility index (Phi) is 5.64. The van der Waals surface area contributed by atoms with Crippen molar-refractivity contribution in [2.75, 3.05) is 5.32 Å². The standard InChI is InChI=1S/C21H21FN2O3/c1-14(16-7-9-17(22)10-8-16)21(27)23-18-11-5-15(6-12-18)13-24-19(25)3-2-4-20(24)26/h5-12,14H,2-4,13H2,1H3,(H,23,27)/t14-/m1/s1. The molecule has 1 atom stereocenters. The number of rotatable bonds is 5. The first-order chi connectivity index (χ1) is 12.9. The molecule has 0 saturated carbocycles. The highest BCUT2D eigenvalue weighted by molar-refractivity contribution is 5.97. The Hall–Kier alpha value is -3.02. The summed E-state index contributed by atoms with van der Waals surface area (Å²) in [5, 5.41) is 2.82. The molecule has 0 spiro atoms. The maximum absolute atomic E-state index is 13.0. The molecule has 1 saturated heterocycles. The lowest BCUT2D eigenvalue weighted by Gasteiger charge is -2.24. The molecule has 0 bridgehead atoms. The lowest BCUT2D eigenvalue weighted by atomic mass is 10.0. The van der Waals surface area contributed by atoms with E-state index in [-0.39, 0.29) is 30.1 Å². The predicted molar refractivity (Wildman–Crippen MR) is 99.3 cm³/mol. The van der Waals surface area contributed by atoms with Crippen LogP contribution in [0.15, 0.2) is 48.5 Å². The van der Waals surface area contributed by atoms with Crippen LogP contribution in [-0.2, 0) is 20.9 Å². The Balaban J connectivity index is 1.61. The summed E-state index contributed by atoms with van der Waals surface area (Å²) in [6, 6.07) is 12.9. The van der Waals surface area contributed by atoms with E-state index >= 15 is 0 Å². The fourth-order valence-corrected chi connectivity index (χ4v) is 3.01. The zero-order chi connectivity index (χ0) is 19.4. The minimum atomic E-state index is -0.422. The smallest absolute Gasteiger partial charge is 0.231 e. The molecule has 1 N–H and O–H groups in total. The molecule has 1 aliphatic rings. The molecule has 2 aromatic rings. The highest BCUT2D eigenvalue weighted by Gasteiger charge is 2.25. The number of amides is 3. The molecule has 1 fully saturated rings. The normalized spacial score (nSPS) is 15.6.